The standard InChI is InChI=1S/C18H17NO5/c1-23-16-9-12-11-5-2-3-6-14(11)24-15(12)10-13(16)19-17(20)7-4-8-18(21)22/h2-3,5-6,9-10H,4,7-8H2,1H3,(H,19,20)(H,21,22). The molecule has 0 saturated heterocycles. The lowest BCUT2D eigenvalue weighted by Crippen LogP contribution is -2.12. The van der Waals surface area contributed by atoms with E-state index in [1.165, 1.54) is 7.11 Å². The number of fused-ring (bicyclic) bond motifs is 3. The predicted molar refractivity (Wildman–Crippen MR) is 90.4 cm³/mol. The molecule has 1 amide bonds. The van der Waals surface area contributed by atoms with Gasteiger partial charge in [-0.1, -0.05) is 18.2 Å². The summed E-state index contributed by atoms with van der Waals surface area (Å²) in [6.45, 7) is 0. The molecule has 0 spiro atoms. The highest BCUT2D eigenvalue weighted by Crippen LogP contribution is 2.36. The van der Waals surface area contributed by atoms with E-state index in [1.807, 2.05) is 30.3 Å². The van der Waals surface area contributed by atoms with Crippen molar-refractivity contribution in [2.75, 3.05) is 12.4 Å². The lowest BCUT2D eigenvalue weighted by atomic mass is 10.1. The molecule has 0 saturated carbocycles. The molecule has 1 aromatic heterocycles. The number of para-hydroxylation sites is 1. The van der Waals surface area contributed by atoms with Gasteiger partial charge in [-0.25, -0.2) is 0 Å². The molecule has 3 rings (SSSR count). The SMILES string of the molecule is COc1cc2c(cc1NC(=O)CCCC(=O)O)oc1ccccc12. The van der Waals surface area contributed by atoms with Crippen LogP contribution in [0.1, 0.15) is 19.3 Å². The number of ether oxygens (including phenoxy) is 1. The Balaban J connectivity index is 1.88. The summed E-state index contributed by atoms with van der Waals surface area (Å²) in [5.41, 5.74) is 1.92. The van der Waals surface area contributed by atoms with Gasteiger partial charge in [0.15, 0.2) is 0 Å². The van der Waals surface area contributed by atoms with E-state index in [0.29, 0.717) is 17.0 Å². The topological polar surface area (TPSA) is 88.8 Å². The van der Waals surface area contributed by atoms with Gasteiger partial charge in [-0.05, 0) is 18.6 Å². The molecule has 0 aliphatic carbocycles. The van der Waals surface area contributed by atoms with Crippen molar-refractivity contribution < 1.29 is 23.8 Å². The average Bonchev–Trinajstić information content (AvgIpc) is 2.91. The van der Waals surface area contributed by atoms with Crippen molar-refractivity contribution in [2.24, 2.45) is 0 Å². The Bertz CT molecular complexity index is 912. The summed E-state index contributed by atoms with van der Waals surface area (Å²) in [6.07, 6.45) is 0.386. The van der Waals surface area contributed by atoms with Crippen molar-refractivity contribution in [3.8, 4) is 5.75 Å². The fraction of sp³-hybridized carbons (Fsp3) is 0.222. The molecule has 0 atom stereocenters. The van der Waals surface area contributed by atoms with E-state index in [0.717, 1.165) is 16.4 Å². The van der Waals surface area contributed by atoms with Gasteiger partial charge in [0.25, 0.3) is 0 Å². The molecule has 2 N–H and O–H groups in total. The molecule has 6 heteroatoms. The number of hydrogen-bond donors (Lipinski definition) is 2. The van der Waals surface area contributed by atoms with Gasteiger partial charge in [0.1, 0.15) is 16.9 Å². The molecule has 124 valence electrons. The third kappa shape index (κ3) is 3.17. The highest BCUT2D eigenvalue weighted by atomic mass is 16.5. The molecule has 6 nitrogen and oxygen atoms in total. The lowest BCUT2D eigenvalue weighted by Gasteiger charge is -2.10. The molecular formula is C18H17NO5. The van der Waals surface area contributed by atoms with Crippen molar-refractivity contribution in [1.29, 1.82) is 0 Å². The fourth-order valence-electron chi connectivity index (χ4n) is 2.63. The number of carbonyl (C=O) groups excluding carboxylic acids is 1. The van der Waals surface area contributed by atoms with Crippen LogP contribution in [0, 0.1) is 0 Å². The molecule has 0 aliphatic heterocycles. The number of anilines is 1. The highest BCUT2D eigenvalue weighted by molar-refractivity contribution is 6.07. The number of carboxylic acids is 1. The molecule has 3 aromatic rings. The third-order valence-electron chi connectivity index (χ3n) is 3.77. The van der Waals surface area contributed by atoms with Gasteiger partial charge < -0.3 is 19.6 Å². The maximum atomic E-state index is 12.0. The minimum absolute atomic E-state index is 0.0346. The van der Waals surface area contributed by atoms with Crippen LogP contribution in [-0.4, -0.2) is 24.1 Å². The summed E-state index contributed by atoms with van der Waals surface area (Å²) in [7, 11) is 1.53. The van der Waals surface area contributed by atoms with Gasteiger partial charge in [-0.2, -0.15) is 0 Å². The first-order valence-corrected chi connectivity index (χ1v) is 7.59. The van der Waals surface area contributed by atoms with Crippen molar-refractivity contribution >= 4 is 39.5 Å². The number of furan rings is 1. The number of methoxy groups -OCH3 is 1. The monoisotopic (exact) mass is 327 g/mol. The quantitative estimate of drug-likeness (QED) is 0.719. The molecular weight excluding hydrogens is 310 g/mol. The van der Waals surface area contributed by atoms with Crippen LogP contribution in [-0.2, 0) is 9.59 Å². The van der Waals surface area contributed by atoms with Crippen molar-refractivity contribution in [1.82, 2.24) is 0 Å². The van der Waals surface area contributed by atoms with Crippen LogP contribution in [0.2, 0.25) is 0 Å². The van der Waals surface area contributed by atoms with E-state index in [2.05, 4.69) is 5.32 Å². The Morgan fingerprint density at radius 3 is 2.67 bits per heavy atom. The highest BCUT2D eigenvalue weighted by Gasteiger charge is 2.14. The second-order valence-electron chi connectivity index (χ2n) is 5.44. The van der Waals surface area contributed by atoms with Crippen LogP contribution in [0.15, 0.2) is 40.8 Å². The Kier molecular flexibility index (Phi) is 4.37. The second-order valence-corrected chi connectivity index (χ2v) is 5.44. The summed E-state index contributed by atoms with van der Waals surface area (Å²) in [6, 6.07) is 11.2. The van der Waals surface area contributed by atoms with Crippen molar-refractivity contribution in [3.05, 3.63) is 36.4 Å². The molecule has 2 aromatic carbocycles. The van der Waals surface area contributed by atoms with Gasteiger partial charge >= 0.3 is 5.97 Å². The fourth-order valence-corrected chi connectivity index (χ4v) is 2.63. The zero-order valence-corrected chi connectivity index (χ0v) is 13.2. The van der Waals surface area contributed by atoms with Crippen LogP contribution < -0.4 is 10.1 Å². The van der Waals surface area contributed by atoms with E-state index in [4.69, 9.17) is 14.3 Å². The van der Waals surface area contributed by atoms with Gasteiger partial charge in [-0.15, -0.1) is 0 Å². The van der Waals surface area contributed by atoms with Gasteiger partial charge in [-0.3, -0.25) is 9.59 Å². The zero-order valence-electron chi connectivity index (χ0n) is 13.2. The molecule has 0 unspecified atom stereocenters. The first-order chi connectivity index (χ1) is 11.6. The summed E-state index contributed by atoms with van der Waals surface area (Å²) >= 11 is 0. The number of carboxylic acid groups (broad SMARTS) is 1. The number of amides is 1. The Hall–Kier alpha value is -3.02. The van der Waals surface area contributed by atoms with Crippen LogP contribution >= 0.6 is 0 Å². The summed E-state index contributed by atoms with van der Waals surface area (Å²) in [5.74, 6) is -0.644. The molecule has 0 radical (unpaired) electrons. The Morgan fingerprint density at radius 1 is 1.12 bits per heavy atom. The molecule has 0 bridgehead atoms. The maximum Gasteiger partial charge on any atom is 0.303 e. The van der Waals surface area contributed by atoms with Crippen molar-refractivity contribution in [2.45, 2.75) is 19.3 Å². The average molecular weight is 327 g/mol. The molecule has 24 heavy (non-hydrogen) atoms. The first-order valence-electron chi connectivity index (χ1n) is 7.59. The Morgan fingerprint density at radius 2 is 1.92 bits per heavy atom. The largest absolute Gasteiger partial charge is 0.495 e. The Labute approximate surface area is 138 Å². The number of benzene rings is 2. The minimum atomic E-state index is -0.913. The van der Waals surface area contributed by atoms with Gasteiger partial charge in [0.05, 0.1) is 12.8 Å². The number of aliphatic carboxylic acids is 1. The molecule has 0 fully saturated rings. The maximum absolute atomic E-state index is 12.0. The van der Waals surface area contributed by atoms with Crippen LogP contribution in [0.5, 0.6) is 5.75 Å². The normalized spacial score (nSPS) is 10.9. The molecule has 0 aliphatic rings. The number of hydrogen-bond acceptors (Lipinski definition) is 4. The summed E-state index contributed by atoms with van der Waals surface area (Å²) in [4.78, 5) is 22.5. The van der Waals surface area contributed by atoms with Crippen LogP contribution in [0.25, 0.3) is 21.9 Å². The van der Waals surface area contributed by atoms with Crippen molar-refractivity contribution in [3.63, 3.8) is 0 Å². The van der Waals surface area contributed by atoms with E-state index in [1.54, 1.807) is 6.07 Å². The first kappa shape index (κ1) is 15.9. The zero-order chi connectivity index (χ0) is 17.1. The van der Waals surface area contributed by atoms with Gasteiger partial charge in [0, 0.05) is 29.7 Å². The smallest absolute Gasteiger partial charge is 0.303 e. The number of rotatable bonds is 6. The van der Waals surface area contributed by atoms with E-state index in [9.17, 15) is 9.59 Å². The van der Waals surface area contributed by atoms with Crippen LogP contribution in [0.4, 0.5) is 5.69 Å². The second kappa shape index (κ2) is 6.62. The summed E-state index contributed by atoms with van der Waals surface area (Å²) in [5, 5.41) is 13.3. The van der Waals surface area contributed by atoms with E-state index >= 15 is 0 Å². The van der Waals surface area contributed by atoms with Crippen LogP contribution in [0.3, 0.4) is 0 Å². The van der Waals surface area contributed by atoms with Gasteiger partial charge in [0.2, 0.25) is 5.91 Å². The van der Waals surface area contributed by atoms with E-state index in [-0.39, 0.29) is 25.2 Å². The molecule has 1 heterocycles. The predicted octanol–water partition coefficient (Wildman–Crippen LogP) is 3.79. The minimum Gasteiger partial charge on any atom is -0.495 e. The van der Waals surface area contributed by atoms with E-state index < -0.39 is 5.97 Å². The number of carbonyl (C=O) groups is 2. The lowest BCUT2D eigenvalue weighted by molar-refractivity contribution is -0.137. The number of nitrogens with one attached hydrogen (secondary N) is 1. The third-order valence-corrected chi connectivity index (χ3v) is 3.77. The summed E-state index contributed by atoms with van der Waals surface area (Å²) < 4.78 is 11.2.